The van der Waals surface area contributed by atoms with Gasteiger partial charge in [0.05, 0.1) is 5.56 Å². The third-order valence-corrected chi connectivity index (χ3v) is 5.84. The normalized spacial score (nSPS) is 12.5. The van der Waals surface area contributed by atoms with E-state index in [9.17, 15) is 17.6 Å². The molecule has 6 heteroatoms. The maximum atomic E-state index is 14.7. The van der Waals surface area contributed by atoms with Gasteiger partial charge >= 0.3 is 0 Å². The van der Waals surface area contributed by atoms with Crippen molar-refractivity contribution in [3.63, 3.8) is 0 Å². The van der Waals surface area contributed by atoms with Crippen molar-refractivity contribution >= 4 is 34.5 Å². The number of hydrogen-bond acceptors (Lipinski definition) is 1. The van der Waals surface area contributed by atoms with Gasteiger partial charge in [0.25, 0.3) is 0 Å². The second-order valence-electron chi connectivity index (χ2n) is 7.55. The van der Waals surface area contributed by atoms with E-state index in [1.807, 2.05) is 65.6 Å². The number of hydrogen-bond donors (Lipinski definition) is 0. The molecule has 4 aromatic rings. The second kappa shape index (κ2) is 7.31. The van der Waals surface area contributed by atoms with Gasteiger partial charge in [-0.25, -0.2) is 17.6 Å². The van der Waals surface area contributed by atoms with Gasteiger partial charge in [-0.2, -0.15) is 0 Å². The number of para-hydroxylation sites is 2. The summed E-state index contributed by atoms with van der Waals surface area (Å²) in [6, 6.07) is 22.8. The Balaban J connectivity index is 1.85. The molecule has 0 bridgehead atoms. The lowest BCUT2D eigenvalue weighted by molar-refractivity contribution is 0.458. The molecule has 0 radical (unpaired) electrons. The molecule has 4 aromatic carbocycles. The Hall–Kier alpha value is -3.54. The van der Waals surface area contributed by atoms with Crippen LogP contribution < -0.4 is 21.3 Å². The van der Waals surface area contributed by atoms with E-state index in [-0.39, 0.29) is 18.3 Å². The predicted molar refractivity (Wildman–Crippen MR) is 117 cm³/mol. The average Bonchev–Trinajstić information content (AvgIpc) is 2.79. The minimum Gasteiger partial charge on any atom is -0.345 e. The topological polar surface area (TPSA) is 3.24 Å². The molecule has 0 saturated heterocycles. The van der Waals surface area contributed by atoms with Crippen LogP contribution in [0.2, 0.25) is 0 Å². The van der Waals surface area contributed by atoms with E-state index in [0.717, 1.165) is 22.1 Å². The minimum absolute atomic E-state index is 0.101. The van der Waals surface area contributed by atoms with E-state index in [2.05, 4.69) is 0 Å². The molecule has 0 aromatic heterocycles. The Labute approximate surface area is 177 Å². The molecule has 31 heavy (non-hydrogen) atoms. The summed E-state index contributed by atoms with van der Waals surface area (Å²) in [6.07, 6.45) is 0. The quantitative estimate of drug-likeness (QED) is 0.264. The summed E-state index contributed by atoms with van der Waals surface area (Å²) in [4.78, 5) is 1.82. The second-order valence-corrected chi connectivity index (χ2v) is 7.55. The summed E-state index contributed by atoms with van der Waals surface area (Å²) >= 11 is 0. The Morgan fingerprint density at radius 3 is 2.00 bits per heavy atom. The van der Waals surface area contributed by atoms with E-state index >= 15 is 0 Å². The summed E-state index contributed by atoms with van der Waals surface area (Å²) in [5, 5.41) is 0. The lowest BCUT2D eigenvalue weighted by Crippen LogP contribution is -2.57. The number of nitrogens with zero attached hydrogens (tertiary/aromatic N) is 1. The van der Waals surface area contributed by atoms with Crippen LogP contribution in [0.15, 0.2) is 78.9 Å². The van der Waals surface area contributed by atoms with Crippen LogP contribution in [-0.4, -0.2) is 13.8 Å². The number of benzene rings is 4. The van der Waals surface area contributed by atoms with Crippen LogP contribution in [0.4, 0.5) is 28.9 Å². The van der Waals surface area contributed by atoms with Crippen molar-refractivity contribution in [2.24, 2.45) is 0 Å². The summed E-state index contributed by atoms with van der Waals surface area (Å²) < 4.78 is 57.5. The van der Waals surface area contributed by atoms with Gasteiger partial charge in [0.15, 0.2) is 23.3 Å². The lowest BCUT2D eigenvalue weighted by atomic mass is 9.35. The van der Waals surface area contributed by atoms with E-state index in [1.165, 1.54) is 6.07 Å². The maximum Gasteiger partial charge on any atom is 0.246 e. The number of anilines is 2. The van der Waals surface area contributed by atoms with Crippen LogP contribution in [0.3, 0.4) is 0 Å². The minimum atomic E-state index is -1.43. The molecule has 1 aliphatic heterocycles. The van der Waals surface area contributed by atoms with Crippen molar-refractivity contribution in [2.75, 3.05) is 11.9 Å². The molecule has 0 atom stereocenters. The Kier molecular flexibility index (Phi) is 4.58. The van der Waals surface area contributed by atoms with Gasteiger partial charge in [-0.1, -0.05) is 72.2 Å². The fraction of sp³-hybridized carbons (Fsp3) is 0.0400. The van der Waals surface area contributed by atoms with E-state index < -0.39 is 28.8 Å². The Bertz CT molecular complexity index is 1280. The maximum absolute atomic E-state index is 14.7. The molecule has 1 nitrogen and oxygen atoms in total. The van der Waals surface area contributed by atoms with Crippen LogP contribution in [-0.2, 0) is 0 Å². The van der Waals surface area contributed by atoms with E-state index in [4.69, 9.17) is 0 Å². The predicted octanol–water partition coefficient (Wildman–Crippen LogP) is 4.51. The number of halogens is 4. The molecule has 0 amide bonds. The molecule has 0 N–H and O–H groups in total. The smallest absolute Gasteiger partial charge is 0.246 e. The first-order valence-corrected chi connectivity index (χ1v) is 9.83. The highest BCUT2D eigenvalue weighted by Gasteiger charge is 2.35. The fourth-order valence-electron chi connectivity index (χ4n) is 4.51. The van der Waals surface area contributed by atoms with Gasteiger partial charge in [-0.05, 0) is 17.0 Å². The first-order chi connectivity index (χ1) is 15.0. The molecule has 0 aliphatic carbocycles. The molecule has 0 spiro atoms. The first kappa shape index (κ1) is 19.4. The third kappa shape index (κ3) is 2.93. The molecule has 0 unspecified atom stereocenters. The standard InChI is InChI=1S/C25H16BF4N/c1-31-21-13-6-5-11-17(21)26(15-8-3-2-4-9-15)18-12-7-10-16(25(18)31)22-23(29)19(27)14-20(28)24(22)30/h2-14H,1H3. The molecule has 5 rings (SSSR count). The van der Waals surface area contributed by atoms with Gasteiger partial charge in [-0.15, -0.1) is 0 Å². The summed E-state index contributed by atoms with van der Waals surface area (Å²) in [5.41, 5.74) is 3.61. The zero-order valence-corrected chi connectivity index (χ0v) is 16.5. The highest BCUT2D eigenvalue weighted by atomic mass is 19.2. The average molecular weight is 417 g/mol. The largest absolute Gasteiger partial charge is 0.345 e. The van der Waals surface area contributed by atoms with E-state index in [0.29, 0.717) is 5.69 Å². The number of rotatable bonds is 2. The third-order valence-electron chi connectivity index (χ3n) is 5.84. The van der Waals surface area contributed by atoms with Gasteiger partial charge in [0.1, 0.15) is 0 Å². The lowest BCUT2D eigenvalue weighted by Gasteiger charge is -2.36. The summed E-state index contributed by atoms with van der Waals surface area (Å²) in [5.74, 6) is -5.67. The molecule has 1 heterocycles. The molecule has 0 fully saturated rings. The zero-order chi connectivity index (χ0) is 21.7. The molecular formula is C25H16BF4N. The molecule has 152 valence electrons. The van der Waals surface area contributed by atoms with Gasteiger partial charge < -0.3 is 4.90 Å². The zero-order valence-electron chi connectivity index (χ0n) is 16.5. The van der Waals surface area contributed by atoms with Crippen molar-refractivity contribution in [3.8, 4) is 11.1 Å². The Morgan fingerprint density at radius 1 is 0.677 bits per heavy atom. The Morgan fingerprint density at radius 2 is 1.29 bits per heavy atom. The van der Waals surface area contributed by atoms with Crippen LogP contribution in [0, 0.1) is 23.3 Å². The monoisotopic (exact) mass is 417 g/mol. The van der Waals surface area contributed by atoms with Crippen molar-refractivity contribution in [3.05, 3.63) is 102 Å². The number of fused-ring (bicyclic) bond motifs is 2. The summed E-state index contributed by atoms with van der Waals surface area (Å²) in [7, 11) is 1.79. The van der Waals surface area contributed by atoms with Crippen molar-refractivity contribution in [1.29, 1.82) is 0 Å². The highest BCUT2D eigenvalue weighted by Crippen LogP contribution is 2.38. The molecule has 1 aliphatic rings. The van der Waals surface area contributed by atoms with Crippen molar-refractivity contribution < 1.29 is 17.6 Å². The SMILES string of the molecule is CN1c2ccccc2B(c2ccccc2)c2cccc(-c3c(F)c(F)cc(F)c3F)c21. The first-order valence-electron chi connectivity index (χ1n) is 9.83. The van der Waals surface area contributed by atoms with Crippen molar-refractivity contribution in [1.82, 2.24) is 0 Å². The van der Waals surface area contributed by atoms with Crippen molar-refractivity contribution in [2.45, 2.75) is 0 Å². The molecular weight excluding hydrogens is 401 g/mol. The van der Waals surface area contributed by atoms with E-state index in [1.54, 1.807) is 13.1 Å². The van der Waals surface area contributed by atoms with Crippen LogP contribution >= 0.6 is 0 Å². The van der Waals surface area contributed by atoms with Crippen LogP contribution in [0.25, 0.3) is 11.1 Å². The van der Waals surface area contributed by atoms with Gasteiger partial charge in [-0.3, -0.25) is 0 Å². The van der Waals surface area contributed by atoms with Crippen LogP contribution in [0.5, 0.6) is 0 Å². The van der Waals surface area contributed by atoms with Gasteiger partial charge in [0.2, 0.25) is 6.71 Å². The molecule has 0 saturated carbocycles. The fourth-order valence-corrected chi connectivity index (χ4v) is 4.51. The highest BCUT2D eigenvalue weighted by molar-refractivity contribution is 6.98. The van der Waals surface area contributed by atoms with Crippen LogP contribution in [0.1, 0.15) is 0 Å². The van der Waals surface area contributed by atoms with Gasteiger partial charge in [0, 0.05) is 30.1 Å². The summed E-state index contributed by atoms with van der Waals surface area (Å²) in [6.45, 7) is -0.201.